The van der Waals surface area contributed by atoms with Gasteiger partial charge in [-0.25, -0.2) is 0 Å². The fourth-order valence-corrected chi connectivity index (χ4v) is 2.58. The van der Waals surface area contributed by atoms with Crippen LogP contribution in [0.3, 0.4) is 0 Å². The summed E-state index contributed by atoms with van der Waals surface area (Å²) in [6.07, 6.45) is 0. The van der Waals surface area contributed by atoms with E-state index in [9.17, 15) is 15.0 Å². The van der Waals surface area contributed by atoms with Gasteiger partial charge in [-0.05, 0) is 23.8 Å². The Labute approximate surface area is 142 Å². The summed E-state index contributed by atoms with van der Waals surface area (Å²) in [7, 11) is 4.19. The van der Waals surface area contributed by atoms with Gasteiger partial charge < -0.3 is 28.8 Å². The number of hydrogen-bond acceptors (Lipinski definition) is 7. The second kappa shape index (κ2) is 6.27. The maximum Gasteiger partial charge on any atom is 0.296 e. The first-order chi connectivity index (χ1) is 12.0. The Balaban J connectivity index is 2.38. The van der Waals surface area contributed by atoms with Gasteiger partial charge in [0.2, 0.25) is 5.43 Å². The van der Waals surface area contributed by atoms with Gasteiger partial charge in [-0.3, -0.25) is 4.79 Å². The van der Waals surface area contributed by atoms with Crippen molar-refractivity contribution in [2.45, 2.75) is 0 Å². The number of methoxy groups -OCH3 is 3. The first-order valence-electron chi connectivity index (χ1n) is 7.29. The Bertz CT molecular complexity index is 1000. The third-order valence-electron chi connectivity index (χ3n) is 3.80. The Kier molecular flexibility index (Phi) is 4.14. The van der Waals surface area contributed by atoms with Crippen molar-refractivity contribution < 1.29 is 28.8 Å². The summed E-state index contributed by atoms with van der Waals surface area (Å²) in [5.41, 5.74) is 0.155. The number of phenolic OH excluding ortho intramolecular Hbond substituents is 2. The highest BCUT2D eigenvalue weighted by Crippen LogP contribution is 2.38. The highest BCUT2D eigenvalue weighted by atomic mass is 16.6. The molecule has 7 heteroatoms. The van der Waals surface area contributed by atoms with Crippen LogP contribution in [0.15, 0.2) is 39.5 Å². The van der Waals surface area contributed by atoms with Crippen LogP contribution in [0.4, 0.5) is 0 Å². The quantitative estimate of drug-likeness (QED) is 0.751. The first kappa shape index (κ1) is 16.5. The molecule has 0 radical (unpaired) electrons. The second-order valence-corrected chi connectivity index (χ2v) is 5.21. The third kappa shape index (κ3) is 2.69. The zero-order valence-electron chi connectivity index (χ0n) is 13.8. The van der Waals surface area contributed by atoms with Gasteiger partial charge >= 0.3 is 0 Å². The molecule has 130 valence electrons. The van der Waals surface area contributed by atoms with Crippen LogP contribution in [-0.2, 0) is 0 Å². The molecule has 0 unspecified atom stereocenters. The lowest BCUT2D eigenvalue weighted by Gasteiger charge is -2.11. The zero-order chi connectivity index (χ0) is 18.1. The normalized spacial score (nSPS) is 10.7. The molecule has 3 aromatic rings. The van der Waals surface area contributed by atoms with Gasteiger partial charge in [-0.2, -0.15) is 0 Å². The molecular weight excluding hydrogens is 328 g/mol. The summed E-state index contributed by atoms with van der Waals surface area (Å²) >= 11 is 0. The molecule has 0 aliphatic rings. The fourth-order valence-electron chi connectivity index (χ4n) is 2.58. The number of benzene rings is 2. The lowest BCUT2D eigenvalue weighted by molar-refractivity contribution is 0.308. The van der Waals surface area contributed by atoms with Crippen molar-refractivity contribution in [3.63, 3.8) is 0 Å². The minimum Gasteiger partial charge on any atom is -0.504 e. The molecule has 0 fully saturated rings. The van der Waals surface area contributed by atoms with Crippen LogP contribution in [0, 0.1) is 0 Å². The second-order valence-electron chi connectivity index (χ2n) is 5.21. The van der Waals surface area contributed by atoms with E-state index in [2.05, 4.69) is 0 Å². The van der Waals surface area contributed by atoms with Crippen molar-refractivity contribution in [3.05, 3.63) is 40.6 Å². The van der Waals surface area contributed by atoms with Crippen molar-refractivity contribution in [1.82, 2.24) is 0 Å². The molecule has 3 rings (SSSR count). The van der Waals surface area contributed by atoms with E-state index in [1.165, 1.54) is 45.6 Å². The summed E-state index contributed by atoms with van der Waals surface area (Å²) in [6.45, 7) is 0. The van der Waals surface area contributed by atoms with Gasteiger partial charge in [-0.15, -0.1) is 0 Å². The molecule has 0 aliphatic heterocycles. The van der Waals surface area contributed by atoms with E-state index in [0.717, 1.165) is 0 Å². The Morgan fingerprint density at radius 2 is 1.68 bits per heavy atom. The summed E-state index contributed by atoms with van der Waals surface area (Å²) in [5.74, 6) is 0.157. The molecule has 0 bridgehead atoms. The average molecular weight is 344 g/mol. The molecule has 2 N–H and O–H groups in total. The molecule has 0 saturated carbocycles. The van der Waals surface area contributed by atoms with Gasteiger partial charge in [0.15, 0.2) is 22.8 Å². The molecular formula is C18H16O7. The van der Waals surface area contributed by atoms with Crippen LogP contribution in [-0.4, -0.2) is 31.5 Å². The van der Waals surface area contributed by atoms with Gasteiger partial charge in [0.05, 0.1) is 26.7 Å². The summed E-state index contributed by atoms with van der Waals surface area (Å²) < 4.78 is 20.9. The van der Waals surface area contributed by atoms with Crippen molar-refractivity contribution >= 4 is 11.0 Å². The number of rotatable bonds is 4. The summed E-state index contributed by atoms with van der Waals surface area (Å²) in [5, 5.41) is 20.0. The van der Waals surface area contributed by atoms with E-state index in [0.29, 0.717) is 11.3 Å². The standard InChI is InChI=1S/C18H16O7/c1-22-10-7-11-16(21)15(9-4-5-12(19)14(6-9)23-2)18(24-3)25-17(11)13(20)8-10/h4-8,19-20H,1-3H3. The average Bonchev–Trinajstić information content (AvgIpc) is 2.62. The molecule has 0 atom stereocenters. The SMILES string of the molecule is COc1cc(O)c2oc(OC)c(-c3ccc(O)c(OC)c3)c(=O)c2c1. The van der Waals surface area contributed by atoms with Gasteiger partial charge in [0.1, 0.15) is 11.3 Å². The number of hydrogen-bond donors (Lipinski definition) is 2. The molecule has 0 saturated heterocycles. The van der Waals surface area contributed by atoms with Crippen LogP contribution >= 0.6 is 0 Å². The topological polar surface area (TPSA) is 98.4 Å². The highest BCUT2D eigenvalue weighted by molar-refractivity contribution is 5.89. The van der Waals surface area contributed by atoms with E-state index in [1.807, 2.05) is 0 Å². The zero-order valence-corrected chi connectivity index (χ0v) is 13.8. The van der Waals surface area contributed by atoms with Crippen molar-refractivity contribution in [1.29, 1.82) is 0 Å². The first-order valence-corrected chi connectivity index (χ1v) is 7.29. The molecule has 2 aromatic carbocycles. The molecule has 0 spiro atoms. The molecule has 0 amide bonds. The van der Waals surface area contributed by atoms with E-state index >= 15 is 0 Å². The van der Waals surface area contributed by atoms with E-state index < -0.39 is 5.43 Å². The monoisotopic (exact) mass is 344 g/mol. The Morgan fingerprint density at radius 1 is 0.920 bits per heavy atom. The van der Waals surface area contributed by atoms with Crippen LogP contribution in [0.25, 0.3) is 22.1 Å². The van der Waals surface area contributed by atoms with Crippen LogP contribution < -0.4 is 19.6 Å². The highest BCUT2D eigenvalue weighted by Gasteiger charge is 2.21. The number of phenols is 2. The minimum atomic E-state index is -0.417. The van der Waals surface area contributed by atoms with Crippen LogP contribution in [0.1, 0.15) is 0 Å². The third-order valence-corrected chi connectivity index (χ3v) is 3.80. The van der Waals surface area contributed by atoms with Gasteiger partial charge in [0.25, 0.3) is 5.95 Å². The predicted molar refractivity (Wildman–Crippen MR) is 90.9 cm³/mol. The number of fused-ring (bicyclic) bond motifs is 1. The van der Waals surface area contributed by atoms with Crippen LogP contribution in [0.2, 0.25) is 0 Å². The van der Waals surface area contributed by atoms with Crippen LogP contribution in [0.5, 0.6) is 28.9 Å². The predicted octanol–water partition coefficient (Wildman–Crippen LogP) is 2.90. The Hall–Kier alpha value is -3.35. The van der Waals surface area contributed by atoms with E-state index in [1.54, 1.807) is 6.07 Å². The van der Waals surface area contributed by atoms with Crippen molar-refractivity contribution in [2.24, 2.45) is 0 Å². The van der Waals surface area contributed by atoms with Crippen molar-refractivity contribution in [3.8, 4) is 40.1 Å². The fraction of sp³-hybridized carbons (Fsp3) is 0.167. The van der Waals surface area contributed by atoms with E-state index in [4.69, 9.17) is 18.6 Å². The summed E-state index contributed by atoms with van der Waals surface area (Å²) in [4.78, 5) is 13.0. The lowest BCUT2D eigenvalue weighted by atomic mass is 10.0. The molecule has 1 heterocycles. The molecule has 25 heavy (non-hydrogen) atoms. The molecule has 7 nitrogen and oxygen atoms in total. The molecule has 1 aromatic heterocycles. The van der Waals surface area contributed by atoms with E-state index in [-0.39, 0.29) is 39.7 Å². The van der Waals surface area contributed by atoms with Gasteiger partial charge in [-0.1, -0.05) is 6.07 Å². The smallest absolute Gasteiger partial charge is 0.296 e. The largest absolute Gasteiger partial charge is 0.504 e. The lowest BCUT2D eigenvalue weighted by Crippen LogP contribution is -2.08. The van der Waals surface area contributed by atoms with Crippen molar-refractivity contribution in [2.75, 3.05) is 21.3 Å². The molecule has 0 aliphatic carbocycles. The number of ether oxygens (including phenoxy) is 3. The maximum absolute atomic E-state index is 13.0. The van der Waals surface area contributed by atoms with Gasteiger partial charge in [0, 0.05) is 6.07 Å². The number of aromatic hydroxyl groups is 2. The Morgan fingerprint density at radius 3 is 2.32 bits per heavy atom. The summed E-state index contributed by atoms with van der Waals surface area (Å²) in [6, 6.07) is 7.25. The minimum absolute atomic E-state index is 0.00265. The maximum atomic E-state index is 13.0.